The SMILES string of the molecule is O=CC1(c2cccc(O)c2)CC1. The Hall–Kier alpha value is -1.31. The average molecular weight is 162 g/mol. The van der Waals surface area contributed by atoms with Crippen molar-refractivity contribution in [3.8, 4) is 5.75 Å². The van der Waals surface area contributed by atoms with Crippen LogP contribution in [0.25, 0.3) is 0 Å². The average Bonchev–Trinajstić information content (AvgIpc) is 2.84. The van der Waals surface area contributed by atoms with Crippen LogP contribution in [0.4, 0.5) is 0 Å². The van der Waals surface area contributed by atoms with E-state index in [1.807, 2.05) is 6.07 Å². The van der Waals surface area contributed by atoms with E-state index in [-0.39, 0.29) is 11.2 Å². The number of rotatable bonds is 2. The highest BCUT2D eigenvalue weighted by atomic mass is 16.3. The van der Waals surface area contributed by atoms with Crippen molar-refractivity contribution in [1.82, 2.24) is 0 Å². The van der Waals surface area contributed by atoms with Crippen LogP contribution < -0.4 is 0 Å². The number of benzene rings is 1. The van der Waals surface area contributed by atoms with Gasteiger partial charge in [0, 0.05) is 0 Å². The van der Waals surface area contributed by atoms with Gasteiger partial charge in [-0.05, 0) is 30.5 Å². The number of carbonyl (C=O) groups excluding carboxylic acids is 1. The van der Waals surface area contributed by atoms with Crippen molar-refractivity contribution >= 4 is 6.29 Å². The van der Waals surface area contributed by atoms with Crippen molar-refractivity contribution in [1.29, 1.82) is 0 Å². The molecule has 1 N–H and O–H groups in total. The van der Waals surface area contributed by atoms with Gasteiger partial charge in [0.15, 0.2) is 0 Å². The Balaban J connectivity index is 2.40. The molecular weight excluding hydrogens is 152 g/mol. The van der Waals surface area contributed by atoms with Crippen molar-refractivity contribution in [2.24, 2.45) is 0 Å². The first kappa shape index (κ1) is 7.35. The van der Waals surface area contributed by atoms with Gasteiger partial charge in [-0.1, -0.05) is 12.1 Å². The standard InChI is InChI=1S/C10H10O2/c11-7-10(4-5-10)8-2-1-3-9(12)6-8/h1-3,6-7,12H,4-5H2. The lowest BCUT2D eigenvalue weighted by Gasteiger charge is -2.06. The first-order chi connectivity index (χ1) is 5.77. The Kier molecular flexibility index (Phi) is 1.43. The van der Waals surface area contributed by atoms with E-state index in [0.717, 1.165) is 24.7 Å². The summed E-state index contributed by atoms with van der Waals surface area (Å²) < 4.78 is 0. The molecule has 0 radical (unpaired) electrons. The fraction of sp³-hybridized carbons (Fsp3) is 0.300. The fourth-order valence-corrected chi connectivity index (χ4v) is 1.42. The number of aldehydes is 1. The fourth-order valence-electron chi connectivity index (χ4n) is 1.42. The van der Waals surface area contributed by atoms with Crippen LogP contribution in [0.15, 0.2) is 24.3 Å². The molecule has 2 heteroatoms. The number of hydrogen-bond acceptors (Lipinski definition) is 2. The first-order valence-electron chi connectivity index (χ1n) is 4.03. The van der Waals surface area contributed by atoms with Crippen molar-refractivity contribution in [3.63, 3.8) is 0 Å². The molecule has 0 aliphatic heterocycles. The van der Waals surface area contributed by atoms with E-state index in [4.69, 9.17) is 0 Å². The molecule has 2 rings (SSSR count). The topological polar surface area (TPSA) is 37.3 Å². The second-order valence-corrected chi connectivity index (χ2v) is 3.32. The lowest BCUT2D eigenvalue weighted by molar-refractivity contribution is -0.109. The molecule has 1 saturated carbocycles. The molecule has 0 amide bonds. The lowest BCUT2D eigenvalue weighted by Crippen LogP contribution is -2.06. The number of phenols is 1. The summed E-state index contributed by atoms with van der Waals surface area (Å²) in [6.07, 6.45) is 2.82. The predicted octanol–water partition coefficient (Wildman–Crippen LogP) is 1.62. The lowest BCUT2D eigenvalue weighted by atomic mass is 9.98. The maximum atomic E-state index is 10.7. The van der Waals surface area contributed by atoms with Crippen molar-refractivity contribution in [2.75, 3.05) is 0 Å². The molecule has 1 aliphatic carbocycles. The second-order valence-electron chi connectivity index (χ2n) is 3.32. The maximum Gasteiger partial charge on any atom is 0.130 e. The summed E-state index contributed by atoms with van der Waals surface area (Å²) in [4.78, 5) is 10.7. The Morgan fingerprint density at radius 1 is 1.42 bits per heavy atom. The second kappa shape index (κ2) is 2.34. The third kappa shape index (κ3) is 0.998. The molecule has 1 aliphatic rings. The van der Waals surface area contributed by atoms with Crippen LogP contribution in [-0.4, -0.2) is 11.4 Å². The zero-order valence-electron chi connectivity index (χ0n) is 6.66. The van der Waals surface area contributed by atoms with Crippen LogP contribution >= 0.6 is 0 Å². The summed E-state index contributed by atoms with van der Waals surface area (Å²) in [5.41, 5.74) is 0.677. The van der Waals surface area contributed by atoms with Gasteiger partial charge in [-0.3, -0.25) is 0 Å². The molecule has 0 aromatic heterocycles. The minimum atomic E-state index is -0.265. The van der Waals surface area contributed by atoms with Gasteiger partial charge in [0.05, 0.1) is 5.41 Å². The van der Waals surface area contributed by atoms with Gasteiger partial charge in [-0.25, -0.2) is 0 Å². The van der Waals surface area contributed by atoms with Crippen LogP contribution in [-0.2, 0) is 10.2 Å². The molecule has 0 saturated heterocycles. The summed E-state index contributed by atoms with van der Waals surface area (Å²) in [5.74, 6) is 0.237. The molecule has 0 unspecified atom stereocenters. The van der Waals surface area contributed by atoms with Crippen molar-refractivity contribution in [3.05, 3.63) is 29.8 Å². The van der Waals surface area contributed by atoms with Gasteiger partial charge in [0.25, 0.3) is 0 Å². The molecule has 0 bridgehead atoms. The van der Waals surface area contributed by atoms with Gasteiger partial charge < -0.3 is 9.90 Å². The van der Waals surface area contributed by atoms with Crippen LogP contribution in [0.1, 0.15) is 18.4 Å². The van der Waals surface area contributed by atoms with E-state index in [9.17, 15) is 9.90 Å². The molecule has 12 heavy (non-hydrogen) atoms. The van der Waals surface area contributed by atoms with E-state index in [1.165, 1.54) is 0 Å². The number of hydrogen-bond donors (Lipinski definition) is 1. The molecule has 0 spiro atoms. The normalized spacial score (nSPS) is 18.7. The third-order valence-corrected chi connectivity index (χ3v) is 2.44. The highest BCUT2D eigenvalue weighted by Gasteiger charge is 2.44. The summed E-state index contributed by atoms with van der Waals surface area (Å²) in [6.45, 7) is 0. The third-order valence-electron chi connectivity index (χ3n) is 2.44. The Morgan fingerprint density at radius 3 is 2.67 bits per heavy atom. The van der Waals surface area contributed by atoms with Gasteiger partial charge in [0.2, 0.25) is 0 Å². The molecule has 62 valence electrons. The number of phenolic OH excluding ortho intramolecular Hbond substituents is 1. The largest absolute Gasteiger partial charge is 0.508 e. The predicted molar refractivity (Wildman–Crippen MR) is 45.1 cm³/mol. The van der Waals surface area contributed by atoms with Crippen molar-refractivity contribution in [2.45, 2.75) is 18.3 Å². The quantitative estimate of drug-likeness (QED) is 0.671. The minimum absolute atomic E-state index is 0.237. The summed E-state index contributed by atoms with van der Waals surface area (Å²) >= 11 is 0. The van der Waals surface area contributed by atoms with Gasteiger partial charge in [-0.2, -0.15) is 0 Å². The summed E-state index contributed by atoms with van der Waals surface area (Å²) in [7, 11) is 0. The summed E-state index contributed by atoms with van der Waals surface area (Å²) in [5, 5.41) is 9.18. The monoisotopic (exact) mass is 162 g/mol. The van der Waals surface area contributed by atoms with Crippen LogP contribution in [0.5, 0.6) is 5.75 Å². The van der Waals surface area contributed by atoms with Gasteiger partial charge >= 0.3 is 0 Å². The van der Waals surface area contributed by atoms with Crippen LogP contribution in [0.2, 0.25) is 0 Å². The first-order valence-corrected chi connectivity index (χ1v) is 4.03. The van der Waals surface area contributed by atoms with Gasteiger partial charge in [-0.15, -0.1) is 0 Å². The van der Waals surface area contributed by atoms with E-state index in [0.29, 0.717) is 0 Å². The summed E-state index contributed by atoms with van der Waals surface area (Å²) in [6, 6.07) is 6.95. The van der Waals surface area contributed by atoms with E-state index in [1.54, 1.807) is 18.2 Å². The highest BCUT2D eigenvalue weighted by Crippen LogP contribution is 2.46. The van der Waals surface area contributed by atoms with Crippen LogP contribution in [0.3, 0.4) is 0 Å². The van der Waals surface area contributed by atoms with E-state index >= 15 is 0 Å². The molecule has 2 nitrogen and oxygen atoms in total. The molecule has 1 aromatic rings. The van der Waals surface area contributed by atoms with Crippen LogP contribution in [0, 0.1) is 0 Å². The smallest absolute Gasteiger partial charge is 0.130 e. The number of aromatic hydroxyl groups is 1. The van der Waals surface area contributed by atoms with E-state index in [2.05, 4.69) is 0 Å². The molecule has 1 aromatic carbocycles. The number of carbonyl (C=O) groups is 1. The zero-order valence-corrected chi connectivity index (χ0v) is 6.66. The van der Waals surface area contributed by atoms with Gasteiger partial charge in [0.1, 0.15) is 12.0 Å². The minimum Gasteiger partial charge on any atom is -0.508 e. The van der Waals surface area contributed by atoms with E-state index < -0.39 is 0 Å². The molecular formula is C10H10O2. The zero-order chi connectivity index (χ0) is 8.60. The van der Waals surface area contributed by atoms with Crippen molar-refractivity contribution < 1.29 is 9.90 Å². The molecule has 0 heterocycles. The molecule has 0 atom stereocenters. The molecule has 1 fully saturated rings. The Labute approximate surface area is 70.8 Å². The highest BCUT2D eigenvalue weighted by molar-refractivity contribution is 5.73. The Bertz CT molecular complexity index is 313. The Morgan fingerprint density at radius 2 is 2.17 bits per heavy atom. The maximum absolute atomic E-state index is 10.7.